The van der Waals surface area contributed by atoms with Crippen molar-refractivity contribution in [3.05, 3.63) is 0 Å². The van der Waals surface area contributed by atoms with Gasteiger partial charge in [-0.2, -0.15) is 0 Å². The molecule has 0 rings (SSSR count). The molecule has 4 heteroatoms. The van der Waals surface area contributed by atoms with Crippen molar-refractivity contribution in [3.8, 4) is 0 Å². The van der Waals surface area contributed by atoms with Gasteiger partial charge in [-0.05, 0) is 38.0 Å². The molecule has 4 nitrogen and oxygen atoms in total. The molecule has 0 aromatic rings. The molecule has 0 aliphatic heterocycles. The molecular weight excluding hydrogens is 376 g/mol. The maximum atomic E-state index is 11.7. The van der Waals surface area contributed by atoms with Crippen LogP contribution in [-0.2, 0) is 14.3 Å². The van der Waals surface area contributed by atoms with Crippen LogP contribution in [0.2, 0.25) is 0 Å². The summed E-state index contributed by atoms with van der Waals surface area (Å²) in [5, 5.41) is 9.70. The van der Waals surface area contributed by atoms with Crippen LogP contribution in [0.25, 0.3) is 0 Å². The third-order valence-electron chi connectivity index (χ3n) is 6.05. The zero-order valence-corrected chi connectivity index (χ0v) is 20.6. The first kappa shape index (κ1) is 29.4. The quantitative estimate of drug-likeness (QED) is 0.146. The Balaban J connectivity index is 3.60. The molecule has 0 heterocycles. The van der Waals surface area contributed by atoms with E-state index in [9.17, 15) is 9.90 Å². The van der Waals surface area contributed by atoms with Crippen LogP contribution in [0.4, 0.5) is 0 Å². The third kappa shape index (κ3) is 18.2. The Morgan fingerprint density at radius 1 is 0.733 bits per heavy atom. The van der Waals surface area contributed by atoms with Crippen molar-refractivity contribution in [2.45, 2.75) is 143 Å². The van der Waals surface area contributed by atoms with E-state index in [2.05, 4.69) is 27.7 Å². The van der Waals surface area contributed by atoms with Crippen molar-refractivity contribution in [3.63, 3.8) is 0 Å². The summed E-state index contributed by atoms with van der Waals surface area (Å²) in [5.74, 6) is 0.558. The average molecular weight is 429 g/mol. The highest BCUT2D eigenvalue weighted by Crippen LogP contribution is 2.17. The number of hydrogen-bond acceptors (Lipinski definition) is 4. The van der Waals surface area contributed by atoms with Gasteiger partial charge >= 0.3 is 5.97 Å². The Bertz CT molecular complexity index is 372. The van der Waals surface area contributed by atoms with Gasteiger partial charge in [0.15, 0.2) is 0 Å². The van der Waals surface area contributed by atoms with Crippen LogP contribution in [0.3, 0.4) is 0 Å². The lowest BCUT2D eigenvalue weighted by Crippen LogP contribution is -2.18. The molecule has 0 aliphatic carbocycles. The molecule has 0 spiro atoms. The number of unbranched alkanes of at least 4 members (excludes halogenated alkanes) is 7. The summed E-state index contributed by atoms with van der Waals surface area (Å²) in [6.07, 6.45) is 17.4. The van der Waals surface area contributed by atoms with Crippen LogP contribution in [0.15, 0.2) is 0 Å². The highest BCUT2D eigenvalue weighted by molar-refractivity contribution is 5.69. The molecule has 0 bridgehead atoms. The minimum atomic E-state index is -0.506. The minimum Gasteiger partial charge on any atom is -0.463 e. The third-order valence-corrected chi connectivity index (χ3v) is 6.05. The van der Waals surface area contributed by atoms with Crippen molar-refractivity contribution < 1.29 is 19.4 Å². The molecule has 0 radical (unpaired) electrons. The van der Waals surface area contributed by atoms with Gasteiger partial charge < -0.3 is 14.6 Å². The molecule has 1 N–H and O–H groups in total. The van der Waals surface area contributed by atoms with Crippen LogP contribution < -0.4 is 0 Å². The first-order chi connectivity index (χ1) is 14.6. The van der Waals surface area contributed by atoms with Crippen molar-refractivity contribution in [1.82, 2.24) is 0 Å². The van der Waals surface area contributed by atoms with Gasteiger partial charge in [-0.3, -0.25) is 4.79 Å². The minimum absolute atomic E-state index is 0.150. The Kier molecular flexibility index (Phi) is 21.2. The number of carbonyl (C=O) groups is 1. The molecule has 0 aliphatic rings. The van der Waals surface area contributed by atoms with E-state index in [4.69, 9.17) is 9.47 Å². The summed E-state index contributed by atoms with van der Waals surface area (Å²) in [6, 6.07) is 0. The van der Waals surface area contributed by atoms with Gasteiger partial charge in [-0.15, -0.1) is 0 Å². The van der Waals surface area contributed by atoms with Crippen molar-refractivity contribution in [2.24, 2.45) is 5.92 Å². The van der Waals surface area contributed by atoms with E-state index < -0.39 is 6.10 Å². The van der Waals surface area contributed by atoms with E-state index >= 15 is 0 Å². The largest absolute Gasteiger partial charge is 0.463 e. The molecule has 0 saturated carbocycles. The number of hydrogen-bond donors (Lipinski definition) is 1. The molecule has 0 amide bonds. The van der Waals surface area contributed by atoms with Crippen LogP contribution in [0, 0.1) is 5.92 Å². The van der Waals surface area contributed by atoms with E-state index in [1.54, 1.807) is 0 Å². The molecule has 0 aromatic carbocycles. The maximum Gasteiger partial charge on any atom is 0.305 e. The van der Waals surface area contributed by atoms with E-state index in [1.807, 2.05) is 0 Å². The fourth-order valence-electron chi connectivity index (χ4n) is 3.71. The molecular formula is C26H52O4. The van der Waals surface area contributed by atoms with Gasteiger partial charge in [-0.1, -0.05) is 91.9 Å². The van der Waals surface area contributed by atoms with Gasteiger partial charge in [0.05, 0.1) is 12.2 Å². The van der Waals surface area contributed by atoms with Crippen LogP contribution >= 0.6 is 0 Å². The maximum absolute atomic E-state index is 11.7. The van der Waals surface area contributed by atoms with Gasteiger partial charge in [-0.25, -0.2) is 0 Å². The Morgan fingerprint density at radius 2 is 1.37 bits per heavy atom. The summed E-state index contributed by atoms with van der Waals surface area (Å²) < 4.78 is 11.4. The van der Waals surface area contributed by atoms with Crippen LogP contribution in [0.5, 0.6) is 0 Å². The van der Waals surface area contributed by atoms with E-state index in [0.717, 1.165) is 44.6 Å². The van der Waals surface area contributed by atoms with Gasteiger partial charge in [0, 0.05) is 13.0 Å². The Labute approximate surface area is 187 Å². The van der Waals surface area contributed by atoms with E-state index in [0.29, 0.717) is 18.9 Å². The zero-order chi connectivity index (χ0) is 22.5. The second-order valence-corrected chi connectivity index (χ2v) is 8.92. The van der Waals surface area contributed by atoms with Gasteiger partial charge in [0.1, 0.15) is 6.61 Å². The van der Waals surface area contributed by atoms with E-state index in [1.165, 1.54) is 57.8 Å². The summed E-state index contributed by atoms with van der Waals surface area (Å²) >= 11 is 0. The average Bonchev–Trinajstić information content (AvgIpc) is 2.76. The Hall–Kier alpha value is -0.610. The number of rotatable bonds is 22. The lowest BCUT2D eigenvalue weighted by atomic mass is 10.00. The highest BCUT2D eigenvalue weighted by atomic mass is 16.5. The van der Waals surface area contributed by atoms with Crippen molar-refractivity contribution in [1.29, 1.82) is 0 Å². The smallest absolute Gasteiger partial charge is 0.305 e. The normalized spacial score (nSPS) is 14.4. The summed E-state index contributed by atoms with van der Waals surface area (Å²) in [7, 11) is 0. The van der Waals surface area contributed by atoms with Crippen molar-refractivity contribution >= 4 is 5.97 Å². The first-order valence-electron chi connectivity index (χ1n) is 13.0. The topological polar surface area (TPSA) is 55.8 Å². The lowest BCUT2D eigenvalue weighted by molar-refractivity contribution is -0.146. The molecule has 0 fully saturated rings. The number of aliphatic hydroxyl groups is 1. The fourth-order valence-corrected chi connectivity index (χ4v) is 3.71. The molecule has 0 aromatic heterocycles. The van der Waals surface area contributed by atoms with E-state index in [-0.39, 0.29) is 12.6 Å². The number of esters is 1. The van der Waals surface area contributed by atoms with Crippen molar-refractivity contribution in [2.75, 3.05) is 13.2 Å². The van der Waals surface area contributed by atoms with Gasteiger partial charge in [0.25, 0.3) is 0 Å². The second-order valence-electron chi connectivity index (χ2n) is 8.92. The molecule has 3 unspecified atom stereocenters. The SMILES string of the molecule is CCCCC(O)COC(=O)CCCCCCCCC(CC)OCC(CC)CCCC. The predicted octanol–water partition coefficient (Wildman–Crippen LogP) is 7.21. The molecule has 0 saturated heterocycles. The lowest BCUT2D eigenvalue weighted by Gasteiger charge is -2.21. The zero-order valence-electron chi connectivity index (χ0n) is 20.6. The second kappa shape index (κ2) is 21.6. The summed E-state index contributed by atoms with van der Waals surface area (Å²) in [6.45, 7) is 9.94. The number of ether oxygens (including phenoxy) is 2. The molecule has 30 heavy (non-hydrogen) atoms. The van der Waals surface area contributed by atoms with Crippen LogP contribution in [0.1, 0.15) is 130 Å². The Morgan fingerprint density at radius 3 is 2.00 bits per heavy atom. The molecule has 180 valence electrons. The summed E-state index contributed by atoms with van der Waals surface area (Å²) in [4.78, 5) is 11.7. The first-order valence-corrected chi connectivity index (χ1v) is 13.0. The van der Waals surface area contributed by atoms with Crippen LogP contribution in [-0.4, -0.2) is 36.5 Å². The highest BCUT2D eigenvalue weighted by Gasteiger charge is 2.11. The number of carbonyl (C=O) groups excluding carboxylic acids is 1. The van der Waals surface area contributed by atoms with Gasteiger partial charge in [0.2, 0.25) is 0 Å². The predicted molar refractivity (Wildman–Crippen MR) is 127 cm³/mol. The molecule has 3 atom stereocenters. The summed E-state index contributed by atoms with van der Waals surface area (Å²) in [5.41, 5.74) is 0. The fraction of sp³-hybridized carbons (Fsp3) is 0.962. The monoisotopic (exact) mass is 428 g/mol. The number of aliphatic hydroxyl groups excluding tert-OH is 1. The standard InChI is InChI=1S/C26H52O4/c1-5-9-17-23(7-3)21-29-25(8-4)19-15-13-11-12-14-16-20-26(28)30-22-24(27)18-10-6-2/h23-25,27H,5-22H2,1-4H3.